The van der Waals surface area contributed by atoms with E-state index in [1.165, 1.54) is 5.56 Å². The molecule has 0 radical (unpaired) electrons. The van der Waals surface area contributed by atoms with Crippen molar-refractivity contribution in [2.45, 2.75) is 51.4 Å². The predicted molar refractivity (Wildman–Crippen MR) is 159 cm³/mol. The molecule has 0 bridgehead atoms. The summed E-state index contributed by atoms with van der Waals surface area (Å²) in [6.07, 6.45) is 3.99. The van der Waals surface area contributed by atoms with E-state index in [1.54, 1.807) is 17.7 Å². The molecule has 0 saturated carbocycles. The Labute approximate surface area is 237 Å². The van der Waals surface area contributed by atoms with E-state index >= 15 is 0 Å². The lowest BCUT2D eigenvalue weighted by Crippen LogP contribution is -2.52. The van der Waals surface area contributed by atoms with Crippen molar-refractivity contribution in [3.63, 3.8) is 0 Å². The fourth-order valence-corrected chi connectivity index (χ4v) is 6.00. The van der Waals surface area contributed by atoms with E-state index in [1.807, 2.05) is 41.0 Å². The Morgan fingerprint density at radius 2 is 1.95 bits per heavy atom. The van der Waals surface area contributed by atoms with Crippen molar-refractivity contribution in [2.24, 2.45) is 0 Å². The molecule has 10 heteroatoms. The molecule has 2 atom stereocenters. The van der Waals surface area contributed by atoms with Crippen molar-refractivity contribution in [1.82, 2.24) is 35.0 Å². The normalized spacial score (nSPS) is 18.0. The second-order valence-corrected chi connectivity index (χ2v) is 11.6. The number of anilines is 2. The fraction of sp³-hybridized carbons (Fsp3) is 0.333. The lowest BCUT2D eigenvalue weighted by Gasteiger charge is -2.36. The minimum absolute atomic E-state index is 0.0831. The molecule has 40 heavy (non-hydrogen) atoms. The molecule has 1 aliphatic heterocycles. The topological polar surface area (TPSA) is 104 Å². The number of likely N-dealkylation sites (tertiary alicyclic amines) is 1. The van der Waals surface area contributed by atoms with Crippen LogP contribution in [0.25, 0.3) is 16.1 Å². The van der Waals surface area contributed by atoms with Gasteiger partial charge < -0.3 is 15.7 Å². The van der Waals surface area contributed by atoms with Crippen LogP contribution in [0.5, 0.6) is 0 Å². The van der Waals surface area contributed by atoms with Crippen LogP contribution in [0.2, 0.25) is 0 Å². The number of hydrogen-bond acceptors (Lipinski definition) is 9. The van der Waals surface area contributed by atoms with Crippen LogP contribution < -0.4 is 10.6 Å². The quantitative estimate of drug-likeness (QED) is 0.238. The SMILES string of the molecule is CC(C)c1nnc(-c2cccc(Nc3ncnn4ccc(CN5CC[C@@H](NCc6ccccc6)[C@H](O)C5)c34)c2)s1. The van der Waals surface area contributed by atoms with Gasteiger partial charge in [0.15, 0.2) is 5.82 Å². The molecule has 1 saturated heterocycles. The molecule has 3 aromatic heterocycles. The van der Waals surface area contributed by atoms with Crippen LogP contribution >= 0.6 is 11.3 Å². The van der Waals surface area contributed by atoms with E-state index < -0.39 is 6.10 Å². The van der Waals surface area contributed by atoms with Crippen LogP contribution in [0, 0.1) is 0 Å². The molecule has 5 aromatic rings. The number of aromatic nitrogens is 5. The predicted octanol–water partition coefficient (Wildman–Crippen LogP) is 4.84. The number of β-amino-alcohol motifs (C(OH)–C–C–N with tert-alkyl or cyclic N) is 1. The standard InChI is InChI=1S/C30H34N8OS/c1-20(2)29-35-36-30(40-29)22-9-6-10-24(15-22)34-28-27-23(11-14-38(27)33-19-32-28)17-37-13-12-25(26(39)18-37)31-16-21-7-4-3-5-8-21/h3-11,14-15,19-20,25-26,31,39H,12-13,16-18H2,1-2H3,(H,32,33,34)/t25-,26-/m1/s1. The highest BCUT2D eigenvalue weighted by atomic mass is 32.1. The van der Waals surface area contributed by atoms with Crippen molar-refractivity contribution in [1.29, 1.82) is 0 Å². The summed E-state index contributed by atoms with van der Waals surface area (Å²) in [7, 11) is 0. The van der Waals surface area contributed by atoms with Crippen molar-refractivity contribution in [3.8, 4) is 10.6 Å². The first-order valence-electron chi connectivity index (χ1n) is 13.7. The zero-order chi connectivity index (χ0) is 27.5. The van der Waals surface area contributed by atoms with Gasteiger partial charge >= 0.3 is 0 Å². The molecule has 1 aliphatic rings. The molecular formula is C30H34N8OS. The Morgan fingerprint density at radius 3 is 2.75 bits per heavy atom. The molecule has 1 fully saturated rings. The van der Waals surface area contributed by atoms with Gasteiger partial charge in [0.2, 0.25) is 0 Å². The number of piperidine rings is 1. The summed E-state index contributed by atoms with van der Waals surface area (Å²) in [5.74, 6) is 1.10. The maximum absolute atomic E-state index is 10.9. The van der Waals surface area contributed by atoms with Crippen LogP contribution in [0.1, 0.15) is 42.3 Å². The molecule has 0 amide bonds. The van der Waals surface area contributed by atoms with Gasteiger partial charge in [-0.25, -0.2) is 9.50 Å². The number of nitrogens with zero attached hydrogens (tertiary/aromatic N) is 6. The summed E-state index contributed by atoms with van der Waals surface area (Å²) in [6.45, 7) is 7.25. The van der Waals surface area contributed by atoms with Gasteiger partial charge in [-0.2, -0.15) is 5.10 Å². The molecule has 0 spiro atoms. The van der Waals surface area contributed by atoms with Gasteiger partial charge in [0.1, 0.15) is 21.9 Å². The molecule has 6 rings (SSSR count). The molecule has 0 unspecified atom stereocenters. The third-order valence-electron chi connectivity index (χ3n) is 7.32. The lowest BCUT2D eigenvalue weighted by atomic mass is 10.0. The van der Waals surface area contributed by atoms with Crippen molar-refractivity contribution in [2.75, 3.05) is 18.4 Å². The number of fused-ring (bicyclic) bond motifs is 1. The Hall–Kier alpha value is -3.70. The molecular weight excluding hydrogens is 520 g/mol. The minimum Gasteiger partial charge on any atom is -0.390 e. The summed E-state index contributed by atoms with van der Waals surface area (Å²) in [5, 5.41) is 33.1. The van der Waals surface area contributed by atoms with Gasteiger partial charge in [-0.1, -0.05) is 67.6 Å². The van der Waals surface area contributed by atoms with Crippen LogP contribution in [0.4, 0.5) is 11.5 Å². The Balaban J connectivity index is 1.15. The number of benzene rings is 2. The first-order chi connectivity index (χ1) is 19.5. The zero-order valence-electron chi connectivity index (χ0n) is 22.7. The summed E-state index contributed by atoms with van der Waals surface area (Å²) >= 11 is 1.63. The Kier molecular flexibility index (Phi) is 7.83. The number of rotatable bonds is 9. The average molecular weight is 555 g/mol. The maximum Gasteiger partial charge on any atom is 0.158 e. The van der Waals surface area contributed by atoms with Gasteiger partial charge in [0.25, 0.3) is 0 Å². The second-order valence-electron chi connectivity index (χ2n) is 10.6. The minimum atomic E-state index is -0.431. The maximum atomic E-state index is 10.9. The third-order valence-corrected chi connectivity index (χ3v) is 8.59. The monoisotopic (exact) mass is 554 g/mol. The second kappa shape index (κ2) is 11.8. The molecule has 2 aromatic carbocycles. The highest BCUT2D eigenvalue weighted by molar-refractivity contribution is 7.14. The van der Waals surface area contributed by atoms with Crippen molar-refractivity contribution >= 4 is 28.4 Å². The molecule has 9 nitrogen and oxygen atoms in total. The van der Waals surface area contributed by atoms with Crippen LogP contribution in [0.15, 0.2) is 73.2 Å². The largest absolute Gasteiger partial charge is 0.390 e. The Morgan fingerprint density at radius 1 is 1.07 bits per heavy atom. The first kappa shape index (κ1) is 26.5. The van der Waals surface area contributed by atoms with Crippen LogP contribution in [-0.2, 0) is 13.1 Å². The van der Waals surface area contributed by atoms with E-state index in [4.69, 9.17) is 0 Å². The van der Waals surface area contributed by atoms with E-state index in [0.29, 0.717) is 19.0 Å². The van der Waals surface area contributed by atoms with Crippen molar-refractivity contribution in [3.05, 3.63) is 89.3 Å². The summed E-state index contributed by atoms with van der Waals surface area (Å²) in [5.41, 5.74) is 5.23. The number of hydrogen-bond donors (Lipinski definition) is 3. The number of aliphatic hydroxyl groups is 1. The summed E-state index contributed by atoms with van der Waals surface area (Å²) < 4.78 is 1.86. The van der Waals surface area contributed by atoms with E-state index in [-0.39, 0.29) is 6.04 Å². The van der Waals surface area contributed by atoms with Crippen molar-refractivity contribution < 1.29 is 5.11 Å². The van der Waals surface area contributed by atoms with Gasteiger partial charge in [0.05, 0.1) is 6.10 Å². The van der Waals surface area contributed by atoms with Gasteiger partial charge in [-0.15, -0.1) is 10.2 Å². The molecule has 206 valence electrons. The van der Waals surface area contributed by atoms with Gasteiger partial charge in [-0.3, -0.25) is 4.90 Å². The molecule has 0 aliphatic carbocycles. The van der Waals surface area contributed by atoms with Crippen LogP contribution in [0.3, 0.4) is 0 Å². The van der Waals surface area contributed by atoms with E-state index in [0.717, 1.165) is 57.7 Å². The summed E-state index contributed by atoms with van der Waals surface area (Å²) in [6, 6.07) is 20.7. The smallest absolute Gasteiger partial charge is 0.158 e. The number of nitrogens with one attached hydrogen (secondary N) is 2. The lowest BCUT2D eigenvalue weighted by molar-refractivity contribution is 0.0367. The third kappa shape index (κ3) is 5.90. The molecule has 4 heterocycles. The molecule has 3 N–H and O–H groups in total. The van der Waals surface area contributed by atoms with Gasteiger partial charge in [0, 0.05) is 55.6 Å². The number of aliphatic hydroxyl groups excluding tert-OH is 1. The zero-order valence-corrected chi connectivity index (χ0v) is 23.6. The summed E-state index contributed by atoms with van der Waals surface area (Å²) in [4.78, 5) is 6.90. The first-order valence-corrected chi connectivity index (χ1v) is 14.5. The van der Waals surface area contributed by atoms with E-state index in [2.05, 4.69) is 80.0 Å². The van der Waals surface area contributed by atoms with Crippen LogP contribution in [-0.4, -0.2) is 60.0 Å². The van der Waals surface area contributed by atoms with E-state index in [9.17, 15) is 5.11 Å². The van der Waals surface area contributed by atoms with Gasteiger partial charge in [-0.05, 0) is 35.7 Å². The highest BCUT2D eigenvalue weighted by Crippen LogP contribution is 2.31. The highest BCUT2D eigenvalue weighted by Gasteiger charge is 2.28. The average Bonchev–Trinajstić information content (AvgIpc) is 3.62. The fourth-order valence-electron chi connectivity index (χ4n) is 5.15. The Bertz CT molecular complexity index is 1570.